The number of aryl methyl sites for hydroxylation is 1. The molecular formula is C16H19ClN2O. The van der Waals surface area contributed by atoms with Gasteiger partial charge in [-0.15, -0.1) is 12.4 Å². The zero-order valence-electron chi connectivity index (χ0n) is 11.4. The Kier molecular flexibility index (Phi) is 6.22. The summed E-state index contributed by atoms with van der Waals surface area (Å²) in [5, 5.41) is 2.98. The van der Waals surface area contributed by atoms with Crippen molar-refractivity contribution in [2.45, 2.75) is 13.0 Å². The summed E-state index contributed by atoms with van der Waals surface area (Å²) in [6.07, 6.45) is 0. The predicted octanol–water partition coefficient (Wildman–Crippen LogP) is 2.85. The Balaban J connectivity index is 0.00000200. The molecule has 0 saturated heterocycles. The fourth-order valence-electron chi connectivity index (χ4n) is 2.03. The maximum Gasteiger partial charge on any atom is 0.252 e. The van der Waals surface area contributed by atoms with Crippen LogP contribution in [0.4, 0.5) is 0 Å². The van der Waals surface area contributed by atoms with Gasteiger partial charge in [-0.05, 0) is 24.1 Å². The van der Waals surface area contributed by atoms with Gasteiger partial charge in [0.15, 0.2) is 0 Å². The maximum absolute atomic E-state index is 12.2. The Morgan fingerprint density at radius 1 is 1.10 bits per heavy atom. The third-order valence-corrected chi connectivity index (χ3v) is 3.13. The van der Waals surface area contributed by atoms with Crippen LogP contribution in [0.15, 0.2) is 54.6 Å². The average molecular weight is 291 g/mol. The number of amides is 1. The van der Waals surface area contributed by atoms with Crippen molar-refractivity contribution >= 4 is 18.3 Å². The van der Waals surface area contributed by atoms with E-state index in [0.29, 0.717) is 12.1 Å². The van der Waals surface area contributed by atoms with Crippen molar-refractivity contribution < 1.29 is 4.79 Å². The summed E-state index contributed by atoms with van der Waals surface area (Å²) in [4.78, 5) is 12.2. The van der Waals surface area contributed by atoms with Gasteiger partial charge >= 0.3 is 0 Å². The molecule has 3 N–H and O–H groups in total. The lowest BCUT2D eigenvalue weighted by Crippen LogP contribution is -2.33. The molecule has 0 bridgehead atoms. The highest BCUT2D eigenvalue weighted by atomic mass is 35.5. The number of halogens is 1. The molecule has 2 rings (SSSR count). The van der Waals surface area contributed by atoms with Crippen LogP contribution in [-0.4, -0.2) is 12.5 Å². The summed E-state index contributed by atoms with van der Waals surface area (Å²) in [7, 11) is 0. The van der Waals surface area contributed by atoms with E-state index >= 15 is 0 Å². The lowest BCUT2D eigenvalue weighted by atomic mass is 10.0. The quantitative estimate of drug-likeness (QED) is 0.910. The van der Waals surface area contributed by atoms with E-state index in [1.54, 1.807) is 0 Å². The van der Waals surface area contributed by atoms with E-state index in [0.717, 1.165) is 11.1 Å². The van der Waals surface area contributed by atoms with Crippen LogP contribution >= 0.6 is 12.4 Å². The highest BCUT2D eigenvalue weighted by Gasteiger charge is 2.15. The Morgan fingerprint density at radius 3 is 2.30 bits per heavy atom. The summed E-state index contributed by atoms with van der Waals surface area (Å²) in [5.74, 6) is -0.0857. The predicted molar refractivity (Wildman–Crippen MR) is 84.1 cm³/mol. The first-order chi connectivity index (χ1) is 9.22. The zero-order chi connectivity index (χ0) is 13.7. The van der Waals surface area contributed by atoms with Gasteiger partial charge in [0.1, 0.15) is 0 Å². The summed E-state index contributed by atoms with van der Waals surface area (Å²) in [6.45, 7) is 2.30. The molecule has 0 aliphatic carbocycles. The highest BCUT2D eigenvalue weighted by Crippen LogP contribution is 2.13. The third kappa shape index (κ3) is 3.83. The van der Waals surface area contributed by atoms with Gasteiger partial charge in [-0.2, -0.15) is 0 Å². The smallest absolute Gasteiger partial charge is 0.252 e. The van der Waals surface area contributed by atoms with Crippen LogP contribution in [0.5, 0.6) is 0 Å². The van der Waals surface area contributed by atoms with Crippen molar-refractivity contribution in [2.24, 2.45) is 5.73 Å². The summed E-state index contributed by atoms with van der Waals surface area (Å²) in [5.41, 5.74) is 8.43. The van der Waals surface area contributed by atoms with Crippen LogP contribution in [-0.2, 0) is 0 Å². The average Bonchev–Trinajstić information content (AvgIpc) is 2.46. The molecule has 20 heavy (non-hydrogen) atoms. The standard InChI is InChI=1S/C16H18N2O.ClH/c1-12-7-5-6-10-14(12)16(19)18-15(11-17)13-8-3-2-4-9-13;/h2-10,15H,11,17H2,1H3,(H,18,19);1H/t15-;/m0./s1. The molecule has 3 nitrogen and oxygen atoms in total. The Morgan fingerprint density at radius 2 is 1.70 bits per heavy atom. The first-order valence-corrected chi connectivity index (χ1v) is 6.34. The van der Waals surface area contributed by atoms with Crippen LogP contribution in [0.25, 0.3) is 0 Å². The van der Waals surface area contributed by atoms with E-state index in [4.69, 9.17) is 5.73 Å². The SMILES string of the molecule is Cc1ccccc1C(=O)N[C@@H](CN)c1ccccc1.Cl. The van der Waals surface area contributed by atoms with Gasteiger partial charge in [0.05, 0.1) is 6.04 Å². The van der Waals surface area contributed by atoms with Gasteiger partial charge in [-0.25, -0.2) is 0 Å². The first-order valence-electron chi connectivity index (χ1n) is 6.34. The minimum atomic E-state index is -0.159. The lowest BCUT2D eigenvalue weighted by molar-refractivity contribution is 0.0937. The van der Waals surface area contributed by atoms with Gasteiger partial charge in [-0.1, -0.05) is 48.5 Å². The molecule has 106 valence electrons. The molecule has 0 aliphatic heterocycles. The zero-order valence-corrected chi connectivity index (χ0v) is 12.2. The fourth-order valence-corrected chi connectivity index (χ4v) is 2.03. The molecule has 2 aromatic rings. The normalized spacial score (nSPS) is 11.3. The molecule has 0 aromatic heterocycles. The number of rotatable bonds is 4. The van der Waals surface area contributed by atoms with Crippen molar-refractivity contribution in [3.8, 4) is 0 Å². The third-order valence-electron chi connectivity index (χ3n) is 3.13. The van der Waals surface area contributed by atoms with Crippen LogP contribution < -0.4 is 11.1 Å². The lowest BCUT2D eigenvalue weighted by Gasteiger charge is -2.18. The van der Waals surface area contributed by atoms with E-state index < -0.39 is 0 Å². The number of carbonyl (C=O) groups is 1. The van der Waals surface area contributed by atoms with Gasteiger partial charge < -0.3 is 11.1 Å². The van der Waals surface area contributed by atoms with E-state index in [1.807, 2.05) is 61.5 Å². The van der Waals surface area contributed by atoms with Crippen molar-refractivity contribution in [3.63, 3.8) is 0 Å². The van der Waals surface area contributed by atoms with Gasteiger partial charge in [0.2, 0.25) is 0 Å². The molecule has 0 fully saturated rings. The van der Waals surface area contributed by atoms with Crippen molar-refractivity contribution in [1.82, 2.24) is 5.32 Å². The molecule has 0 radical (unpaired) electrons. The summed E-state index contributed by atoms with van der Waals surface area (Å²) in [6, 6.07) is 17.1. The summed E-state index contributed by atoms with van der Waals surface area (Å²) < 4.78 is 0. The summed E-state index contributed by atoms with van der Waals surface area (Å²) >= 11 is 0. The monoisotopic (exact) mass is 290 g/mol. The second kappa shape index (κ2) is 7.68. The first kappa shape index (κ1) is 16.2. The fraction of sp³-hybridized carbons (Fsp3) is 0.188. The molecule has 0 aliphatic rings. The van der Waals surface area contributed by atoms with Gasteiger partial charge in [-0.3, -0.25) is 4.79 Å². The Bertz CT molecular complexity index is 557. The van der Waals surface area contributed by atoms with Crippen LogP contribution in [0.1, 0.15) is 27.5 Å². The van der Waals surface area contributed by atoms with Crippen molar-refractivity contribution in [2.75, 3.05) is 6.54 Å². The molecule has 0 unspecified atom stereocenters. The van der Waals surface area contributed by atoms with Gasteiger partial charge in [0, 0.05) is 12.1 Å². The second-order valence-corrected chi connectivity index (χ2v) is 4.49. The van der Waals surface area contributed by atoms with E-state index in [9.17, 15) is 4.79 Å². The number of hydrogen-bond acceptors (Lipinski definition) is 2. The molecule has 4 heteroatoms. The van der Waals surface area contributed by atoms with Gasteiger partial charge in [0.25, 0.3) is 5.91 Å². The van der Waals surface area contributed by atoms with Crippen molar-refractivity contribution in [3.05, 3.63) is 71.3 Å². The highest BCUT2D eigenvalue weighted by molar-refractivity contribution is 5.95. The molecule has 2 aromatic carbocycles. The van der Waals surface area contributed by atoms with Crippen LogP contribution in [0, 0.1) is 6.92 Å². The number of carbonyl (C=O) groups excluding carboxylic acids is 1. The number of hydrogen-bond donors (Lipinski definition) is 2. The molecule has 1 amide bonds. The molecule has 0 spiro atoms. The molecular weight excluding hydrogens is 272 g/mol. The Labute approximate surface area is 125 Å². The van der Waals surface area contributed by atoms with Crippen LogP contribution in [0.3, 0.4) is 0 Å². The topological polar surface area (TPSA) is 55.1 Å². The number of nitrogens with two attached hydrogens (primary N) is 1. The maximum atomic E-state index is 12.2. The van der Waals surface area contributed by atoms with E-state index in [1.165, 1.54) is 0 Å². The second-order valence-electron chi connectivity index (χ2n) is 4.49. The number of nitrogens with one attached hydrogen (secondary N) is 1. The van der Waals surface area contributed by atoms with E-state index in [2.05, 4.69) is 5.32 Å². The van der Waals surface area contributed by atoms with Crippen molar-refractivity contribution in [1.29, 1.82) is 0 Å². The number of benzene rings is 2. The molecule has 1 atom stereocenters. The Hall–Kier alpha value is -1.84. The largest absolute Gasteiger partial charge is 0.344 e. The minimum Gasteiger partial charge on any atom is -0.344 e. The molecule has 0 saturated carbocycles. The molecule has 0 heterocycles. The minimum absolute atomic E-state index is 0. The van der Waals surface area contributed by atoms with Crippen LogP contribution in [0.2, 0.25) is 0 Å². The van der Waals surface area contributed by atoms with E-state index in [-0.39, 0.29) is 24.4 Å².